The lowest BCUT2D eigenvalue weighted by molar-refractivity contribution is 0.627. The van der Waals surface area contributed by atoms with Gasteiger partial charge in [-0.25, -0.2) is 0 Å². The van der Waals surface area contributed by atoms with E-state index in [-0.39, 0.29) is 0 Å². The highest BCUT2D eigenvalue weighted by Crippen LogP contribution is 2.51. The maximum Gasteiger partial charge on any atom is 0.186 e. The molecule has 170 valence electrons. The van der Waals surface area contributed by atoms with Crippen LogP contribution in [-0.2, 0) is 0 Å². The minimum absolute atomic E-state index is 1.07. The molecule has 1 heterocycles. The Morgan fingerprint density at radius 2 is 0.966 bits per heavy atom. The molecule has 11 heteroatoms. The monoisotopic (exact) mass is 566 g/mol. The van der Waals surface area contributed by atoms with Crippen molar-refractivity contribution in [1.29, 1.82) is 0 Å². The topological polar surface area (TPSA) is 25.8 Å². The van der Waals surface area contributed by atoms with E-state index in [0.717, 1.165) is 8.68 Å². The molecule has 0 aliphatic rings. The van der Waals surface area contributed by atoms with Crippen molar-refractivity contribution in [2.75, 3.05) is 11.5 Å². The Kier molecular flexibility index (Phi) is 23.8. The van der Waals surface area contributed by atoms with Gasteiger partial charge in [-0.1, -0.05) is 111 Å². The van der Waals surface area contributed by atoms with Crippen molar-refractivity contribution in [3.8, 4) is 0 Å². The Morgan fingerprint density at radius 3 is 1.41 bits per heavy atom. The van der Waals surface area contributed by atoms with Gasteiger partial charge >= 0.3 is 0 Å². The summed E-state index contributed by atoms with van der Waals surface area (Å²) in [6, 6.07) is 0. The van der Waals surface area contributed by atoms with Crippen molar-refractivity contribution in [3.63, 3.8) is 0 Å². The van der Waals surface area contributed by atoms with Crippen molar-refractivity contribution in [3.05, 3.63) is 0 Å². The average molecular weight is 567 g/mol. The molecule has 0 aliphatic heterocycles. The van der Waals surface area contributed by atoms with Gasteiger partial charge in [-0.2, -0.15) is 0 Å². The van der Waals surface area contributed by atoms with E-state index >= 15 is 0 Å². The highest BCUT2D eigenvalue weighted by Gasteiger charge is 2.07. The molecule has 1 aromatic heterocycles. The molecular formula is C18H34N2S9. The SMILES string of the molecule is CCCCCCCCSSSSc1nnc(SSSSCCCCCCCC)s1. The molecule has 1 rings (SSSR count). The van der Waals surface area contributed by atoms with Crippen LogP contribution in [0.25, 0.3) is 0 Å². The summed E-state index contributed by atoms with van der Waals surface area (Å²) in [7, 11) is 14.8. The number of hydrogen-bond donors (Lipinski definition) is 0. The van der Waals surface area contributed by atoms with Gasteiger partial charge in [0.1, 0.15) is 0 Å². The van der Waals surface area contributed by atoms with E-state index in [4.69, 9.17) is 0 Å². The first-order chi connectivity index (χ1) is 14.4. The highest BCUT2D eigenvalue weighted by molar-refractivity contribution is 9.26. The Bertz CT molecular complexity index is 424. The van der Waals surface area contributed by atoms with Crippen molar-refractivity contribution >= 4 is 93.8 Å². The zero-order valence-corrected chi connectivity index (χ0v) is 24.8. The van der Waals surface area contributed by atoms with Crippen molar-refractivity contribution in [2.45, 2.75) is 99.6 Å². The van der Waals surface area contributed by atoms with Crippen LogP contribution in [0.1, 0.15) is 90.9 Å². The zero-order valence-electron chi connectivity index (χ0n) is 17.5. The third kappa shape index (κ3) is 19.5. The molecule has 0 amide bonds. The Morgan fingerprint density at radius 1 is 0.552 bits per heavy atom. The molecule has 0 spiro atoms. The highest BCUT2D eigenvalue weighted by atomic mass is 33.7. The summed E-state index contributed by atoms with van der Waals surface area (Å²) >= 11 is 1.71. The van der Waals surface area contributed by atoms with E-state index in [9.17, 15) is 0 Å². The van der Waals surface area contributed by atoms with Crippen molar-refractivity contribution < 1.29 is 0 Å². The normalized spacial score (nSPS) is 11.4. The molecule has 0 fully saturated rings. The van der Waals surface area contributed by atoms with Crippen LogP contribution in [0.2, 0.25) is 0 Å². The summed E-state index contributed by atoms with van der Waals surface area (Å²) < 4.78 is 2.13. The van der Waals surface area contributed by atoms with Crippen LogP contribution >= 0.6 is 93.8 Å². The van der Waals surface area contributed by atoms with Crippen LogP contribution < -0.4 is 0 Å². The summed E-state index contributed by atoms with van der Waals surface area (Å²) in [5.41, 5.74) is 0. The van der Waals surface area contributed by atoms with Gasteiger partial charge < -0.3 is 0 Å². The molecule has 2 nitrogen and oxygen atoms in total. The summed E-state index contributed by atoms with van der Waals surface area (Å²) in [6.45, 7) is 4.55. The van der Waals surface area contributed by atoms with Crippen LogP contribution in [-0.4, -0.2) is 21.7 Å². The predicted molar refractivity (Wildman–Crippen MR) is 154 cm³/mol. The van der Waals surface area contributed by atoms with Crippen molar-refractivity contribution in [2.24, 2.45) is 0 Å². The minimum atomic E-state index is 1.07. The van der Waals surface area contributed by atoms with Gasteiger partial charge in [-0.3, -0.25) is 0 Å². The third-order valence-electron chi connectivity index (χ3n) is 3.91. The first-order valence-electron chi connectivity index (χ1n) is 10.5. The van der Waals surface area contributed by atoms with Gasteiger partial charge in [0.05, 0.1) is 0 Å². The summed E-state index contributed by atoms with van der Waals surface area (Å²) in [5, 5.41) is 8.59. The lowest BCUT2D eigenvalue weighted by Gasteiger charge is -2.00. The van der Waals surface area contributed by atoms with Crippen molar-refractivity contribution in [1.82, 2.24) is 10.2 Å². The maximum atomic E-state index is 4.29. The quantitative estimate of drug-likeness (QED) is 0.0995. The van der Waals surface area contributed by atoms with E-state index in [2.05, 4.69) is 24.0 Å². The van der Waals surface area contributed by atoms with Gasteiger partial charge in [0.2, 0.25) is 0 Å². The molecule has 0 bridgehead atoms. The van der Waals surface area contributed by atoms with Crippen LogP contribution in [0.3, 0.4) is 0 Å². The lowest BCUT2D eigenvalue weighted by atomic mass is 10.1. The van der Waals surface area contributed by atoms with Crippen LogP contribution in [0.5, 0.6) is 0 Å². The maximum absolute atomic E-state index is 4.29. The molecule has 1 aromatic rings. The Balaban J connectivity index is 1.88. The first kappa shape index (κ1) is 29.4. The summed E-state index contributed by atoms with van der Waals surface area (Å²) in [4.78, 5) is 0. The summed E-state index contributed by atoms with van der Waals surface area (Å²) in [5.74, 6) is 2.51. The molecule has 29 heavy (non-hydrogen) atoms. The van der Waals surface area contributed by atoms with Gasteiger partial charge in [0.25, 0.3) is 0 Å². The standard InChI is InChI=1S/C18H34N2S9/c1-3-5-7-9-11-13-15-21-26-28-24-17-19-20-18(23-17)25-29-27-22-16-14-12-10-8-6-4-2/h3-16H2,1-2H3. The molecule has 0 saturated heterocycles. The van der Waals surface area contributed by atoms with E-state index in [1.54, 1.807) is 32.9 Å². The van der Waals surface area contributed by atoms with Gasteiger partial charge in [-0.15, -0.1) is 10.2 Å². The van der Waals surface area contributed by atoms with Gasteiger partial charge in [0.15, 0.2) is 8.68 Å². The minimum Gasteiger partial charge on any atom is -0.130 e. The number of unbranched alkanes of at least 4 members (excludes halogenated alkanes) is 10. The number of hydrogen-bond acceptors (Lipinski definition) is 11. The number of nitrogens with zero attached hydrogens (tertiary/aromatic N) is 2. The smallest absolute Gasteiger partial charge is 0.130 e. The molecule has 0 aliphatic carbocycles. The van der Waals surface area contributed by atoms with Crippen LogP contribution in [0, 0.1) is 0 Å². The fourth-order valence-corrected chi connectivity index (χ4v) is 16.0. The van der Waals surface area contributed by atoms with Gasteiger partial charge in [-0.05, 0) is 73.7 Å². The Labute approximate surface area is 213 Å². The fourth-order valence-electron chi connectivity index (χ4n) is 2.34. The van der Waals surface area contributed by atoms with Crippen LogP contribution in [0.15, 0.2) is 8.68 Å². The van der Waals surface area contributed by atoms with Crippen LogP contribution in [0.4, 0.5) is 0 Å². The number of rotatable bonds is 22. The molecular weight excluding hydrogens is 533 g/mol. The number of aromatic nitrogens is 2. The second-order valence-corrected chi connectivity index (χ2v) is 19.8. The lowest BCUT2D eigenvalue weighted by Crippen LogP contribution is -1.80. The predicted octanol–water partition coefficient (Wildman–Crippen LogP) is 11.3. The van der Waals surface area contributed by atoms with Gasteiger partial charge in [0, 0.05) is 11.5 Å². The molecule has 0 atom stereocenters. The van der Waals surface area contributed by atoms with E-state index in [1.807, 2.05) is 60.9 Å². The zero-order chi connectivity index (χ0) is 20.8. The van der Waals surface area contributed by atoms with E-state index < -0.39 is 0 Å². The third-order valence-corrected chi connectivity index (χ3v) is 18.1. The molecule has 0 radical (unpaired) electrons. The second kappa shape index (κ2) is 23.5. The van der Waals surface area contributed by atoms with E-state index in [0.29, 0.717) is 0 Å². The molecule has 0 N–H and O–H groups in total. The molecule has 0 aromatic carbocycles. The molecule has 0 saturated carbocycles. The summed E-state index contributed by atoms with van der Waals surface area (Å²) in [6.07, 6.45) is 16.5. The second-order valence-electron chi connectivity index (χ2n) is 6.45. The first-order valence-corrected chi connectivity index (χ1v) is 21.2. The average Bonchev–Trinajstić information content (AvgIpc) is 3.18. The fraction of sp³-hybridized carbons (Fsp3) is 0.889. The Hall–Kier alpha value is 2.36. The largest absolute Gasteiger partial charge is 0.186 e. The molecule has 0 unspecified atom stereocenters. The van der Waals surface area contributed by atoms with E-state index in [1.165, 1.54) is 88.6 Å².